The van der Waals surface area contributed by atoms with Gasteiger partial charge in [-0.1, -0.05) is 0 Å². The van der Waals surface area contributed by atoms with Gasteiger partial charge in [-0.3, -0.25) is 0 Å². The van der Waals surface area contributed by atoms with Crippen molar-refractivity contribution in [1.29, 1.82) is 0 Å². The number of nitrogen functional groups attached to an aromatic ring is 1. The smallest absolute Gasteiger partial charge is 0.399 e. The number of hydrogen-bond acceptors (Lipinski definition) is 5. The molecular weight excluding hydrogens is 211 g/mol. The van der Waals surface area contributed by atoms with Crippen molar-refractivity contribution < 1.29 is 9.31 Å². The Morgan fingerprint density at radius 3 is 2.20 bits per heavy atom. The molecule has 1 saturated heterocycles. The van der Waals surface area contributed by atoms with Gasteiger partial charge in [0.05, 0.1) is 16.0 Å². The van der Waals surface area contributed by atoms with Crippen molar-refractivity contribution in [2.45, 2.75) is 38.9 Å². The Balaban J connectivity index is 2.23. The highest BCUT2D eigenvalue weighted by Crippen LogP contribution is 2.36. The van der Waals surface area contributed by atoms with E-state index in [0.29, 0.717) is 5.13 Å². The Morgan fingerprint density at radius 1 is 1.27 bits per heavy atom. The van der Waals surface area contributed by atoms with Crippen LogP contribution >= 0.6 is 11.3 Å². The molecule has 0 spiro atoms. The van der Waals surface area contributed by atoms with Gasteiger partial charge in [0.1, 0.15) is 0 Å². The lowest BCUT2D eigenvalue weighted by Gasteiger charge is -2.32. The van der Waals surface area contributed by atoms with Crippen molar-refractivity contribution in [3.8, 4) is 0 Å². The molecule has 2 N–H and O–H groups in total. The van der Waals surface area contributed by atoms with E-state index in [0.717, 1.165) is 4.78 Å². The zero-order chi connectivity index (χ0) is 11.3. The molecule has 0 radical (unpaired) electrons. The first kappa shape index (κ1) is 10.9. The van der Waals surface area contributed by atoms with E-state index in [9.17, 15) is 0 Å². The van der Waals surface area contributed by atoms with Crippen LogP contribution in [0.15, 0.2) is 6.20 Å². The van der Waals surface area contributed by atoms with Crippen molar-refractivity contribution >= 4 is 28.4 Å². The summed E-state index contributed by atoms with van der Waals surface area (Å²) >= 11 is 1.40. The van der Waals surface area contributed by atoms with Crippen molar-refractivity contribution in [3.63, 3.8) is 0 Å². The molecule has 0 bridgehead atoms. The molecule has 0 amide bonds. The molecule has 1 aromatic heterocycles. The molecule has 0 unspecified atom stereocenters. The Morgan fingerprint density at radius 2 is 1.80 bits per heavy atom. The third kappa shape index (κ3) is 1.77. The summed E-state index contributed by atoms with van der Waals surface area (Å²) in [6, 6.07) is 0. The molecule has 2 rings (SSSR count). The number of hydrogen-bond donors (Lipinski definition) is 1. The van der Waals surface area contributed by atoms with Gasteiger partial charge in [0, 0.05) is 6.20 Å². The van der Waals surface area contributed by atoms with Crippen molar-refractivity contribution in [2.75, 3.05) is 5.73 Å². The largest absolute Gasteiger partial charge is 0.507 e. The average molecular weight is 226 g/mol. The first-order valence-electron chi connectivity index (χ1n) is 4.89. The summed E-state index contributed by atoms with van der Waals surface area (Å²) in [5.74, 6) is 0. The molecule has 1 aliphatic heterocycles. The maximum Gasteiger partial charge on any atom is 0.507 e. The minimum Gasteiger partial charge on any atom is -0.399 e. The molecule has 1 aromatic rings. The zero-order valence-electron chi connectivity index (χ0n) is 9.40. The van der Waals surface area contributed by atoms with Crippen LogP contribution in [0.4, 0.5) is 5.13 Å². The summed E-state index contributed by atoms with van der Waals surface area (Å²) in [4.78, 5) is 3.99. The van der Waals surface area contributed by atoms with Gasteiger partial charge < -0.3 is 15.0 Å². The summed E-state index contributed by atoms with van der Waals surface area (Å²) < 4.78 is 12.6. The van der Waals surface area contributed by atoms with Crippen molar-refractivity contribution in [3.05, 3.63) is 6.20 Å². The Hall–Kier alpha value is -0.585. The second-order valence-electron chi connectivity index (χ2n) is 4.69. The van der Waals surface area contributed by atoms with Crippen LogP contribution in [-0.2, 0) is 9.31 Å². The van der Waals surface area contributed by atoms with Crippen LogP contribution in [0.1, 0.15) is 27.7 Å². The first-order chi connectivity index (χ1) is 6.82. The number of nitrogens with zero attached hydrogens (tertiary/aromatic N) is 1. The number of aromatic nitrogens is 1. The van der Waals surface area contributed by atoms with Gasteiger partial charge in [0.2, 0.25) is 0 Å². The summed E-state index contributed by atoms with van der Waals surface area (Å²) in [6.07, 6.45) is 1.71. The predicted molar refractivity (Wildman–Crippen MR) is 62.2 cm³/mol. The second kappa shape index (κ2) is 3.20. The van der Waals surface area contributed by atoms with E-state index in [4.69, 9.17) is 15.0 Å². The van der Waals surface area contributed by atoms with E-state index in [2.05, 4.69) is 4.98 Å². The highest BCUT2D eigenvalue weighted by molar-refractivity contribution is 7.25. The number of rotatable bonds is 1. The molecule has 4 nitrogen and oxygen atoms in total. The van der Waals surface area contributed by atoms with Gasteiger partial charge in [0.15, 0.2) is 5.13 Å². The molecule has 1 fully saturated rings. The van der Waals surface area contributed by atoms with Crippen LogP contribution in [0.5, 0.6) is 0 Å². The van der Waals surface area contributed by atoms with Crippen molar-refractivity contribution in [1.82, 2.24) is 4.98 Å². The average Bonchev–Trinajstić information content (AvgIpc) is 2.56. The van der Waals surface area contributed by atoms with E-state index in [1.165, 1.54) is 11.3 Å². The molecule has 2 heterocycles. The van der Waals surface area contributed by atoms with Gasteiger partial charge in [-0.15, -0.1) is 11.3 Å². The van der Waals surface area contributed by atoms with E-state index >= 15 is 0 Å². The number of anilines is 1. The highest BCUT2D eigenvalue weighted by atomic mass is 32.1. The summed E-state index contributed by atoms with van der Waals surface area (Å²) in [5.41, 5.74) is 4.96. The van der Waals surface area contributed by atoms with Crippen LogP contribution in [0.25, 0.3) is 0 Å². The molecule has 0 aliphatic carbocycles. The maximum atomic E-state index is 5.86. The predicted octanol–water partition coefficient (Wildman–Crippen LogP) is 1.02. The van der Waals surface area contributed by atoms with Gasteiger partial charge >= 0.3 is 7.12 Å². The zero-order valence-corrected chi connectivity index (χ0v) is 10.2. The van der Waals surface area contributed by atoms with Gasteiger partial charge in [0.25, 0.3) is 0 Å². The molecule has 0 aromatic carbocycles. The van der Waals surface area contributed by atoms with Crippen LogP contribution in [0, 0.1) is 0 Å². The quantitative estimate of drug-likeness (QED) is 0.726. The third-order valence-electron chi connectivity index (χ3n) is 3.03. The Labute approximate surface area is 93.9 Å². The monoisotopic (exact) mass is 226 g/mol. The topological polar surface area (TPSA) is 57.4 Å². The fourth-order valence-corrected chi connectivity index (χ4v) is 2.01. The second-order valence-corrected chi connectivity index (χ2v) is 5.78. The van der Waals surface area contributed by atoms with Crippen LogP contribution < -0.4 is 10.5 Å². The van der Waals surface area contributed by atoms with E-state index in [1.807, 2.05) is 27.7 Å². The maximum absolute atomic E-state index is 5.86. The molecule has 15 heavy (non-hydrogen) atoms. The lowest BCUT2D eigenvalue weighted by atomic mass is 9.89. The Kier molecular flexibility index (Phi) is 2.33. The summed E-state index contributed by atoms with van der Waals surface area (Å²) in [6.45, 7) is 8.10. The van der Waals surface area contributed by atoms with Crippen molar-refractivity contribution in [2.24, 2.45) is 0 Å². The molecule has 1 aliphatic rings. The van der Waals surface area contributed by atoms with Gasteiger partial charge in [-0.2, -0.15) is 0 Å². The lowest BCUT2D eigenvalue weighted by Crippen LogP contribution is -2.41. The van der Waals surface area contributed by atoms with E-state index < -0.39 is 0 Å². The standard InChI is InChI=1S/C9H15BN2O2S/c1-8(2)9(3,4)14-10(13-8)6-5-12-7(11)15-6/h5H,1-4H3,(H2,11,12). The lowest BCUT2D eigenvalue weighted by molar-refractivity contribution is 0.00578. The third-order valence-corrected chi connectivity index (χ3v) is 3.88. The Bertz CT molecular complexity index is 362. The van der Waals surface area contributed by atoms with Crippen LogP contribution in [-0.4, -0.2) is 23.3 Å². The minimum atomic E-state index is -0.343. The molecular formula is C9H15BN2O2S. The summed E-state index contributed by atoms with van der Waals surface area (Å²) in [7, 11) is -0.343. The highest BCUT2D eigenvalue weighted by Gasteiger charge is 2.52. The summed E-state index contributed by atoms with van der Waals surface area (Å²) in [5, 5.41) is 0.541. The SMILES string of the molecule is CC1(C)OB(c2cnc(N)s2)OC1(C)C. The van der Waals surface area contributed by atoms with E-state index in [1.54, 1.807) is 6.20 Å². The van der Waals surface area contributed by atoms with E-state index in [-0.39, 0.29) is 18.3 Å². The van der Waals surface area contributed by atoms with Crippen LogP contribution in [0.2, 0.25) is 0 Å². The fourth-order valence-electron chi connectivity index (χ4n) is 1.37. The molecule has 0 atom stereocenters. The molecule has 82 valence electrons. The minimum absolute atomic E-state index is 0.309. The normalized spacial score (nSPS) is 23.3. The number of nitrogens with two attached hydrogens (primary N) is 1. The van der Waals surface area contributed by atoms with Gasteiger partial charge in [-0.25, -0.2) is 4.98 Å². The fraction of sp³-hybridized carbons (Fsp3) is 0.667. The van der Waals surface area contributed by atoms with Crippen LogP contribution in [0.3, 0.4) is 0 Å². The molecule has 0 saturated carbocycles. The van der Waals surface area contributed by atoms with Gasteiger partial charge in [-0.05, 0) is 27.7 Å². The molecule has 6 heteroatoms. The first-order valence-corrected chi connectivity index (χ1v) is 5.70. The number of thiazole rings is 1.